The Hall–Kier alpha value is -1.49. The summed E-state index contributed by atoms with van der Waals surface area (Å²) in [6.07, 6.45) is 3.34. The summed E-state index contributed by atoms with van der Waals surface area (Å²) < 4.78 is 5.77. The van der Waals surface area contributed by atoms with Crippen molar-refractivity contribution in [1.29, 1.82) is 0 Å². The van der Waals surface area contributed by atoms with Gasteiger partial charge < -0.3 is 4.42 Å². The number of oxazole rings is 1. The number of ketones is 1. The second-order valence-corrected chi connectivity index (χ2v) is 8.66. The van der Waals surface area contributed by atoms with E-state index in [-0.39, 0.29) is 11.0 Å². The molecule has 6 heteroatoms. The van der Waals surface area contributed by atoms with Gasteiger partial charge in [-0.1, -0.05) is 47.1 Å². The van der Waals surface area contributed by atoms with Crippen LogP contribution in [0.2, 0.25) is 10.0 Å². The van der Waals surface area contributed by atoms with E-state index in [1.165, 1.54) is 29.3 Å². The van der Waals surface area contributed by atoms with E-state index in [0.29, 0.717) is 26.4 Å². The van der Waals surface area contributed by atoms with Crippen LogP contribution in [-0.4, -0.2) is 16.0 Å². The van der Waals surface area contributed by atoms with Gasteiger partial charge in [0.25, 0.3) is 5.22 Å². The second kappa shape index (κ2) is 6.91. The van der Waals surface area contributed by atoms with Crippen LogP contribution in [0.25, 0.3) is 11.1 Å². The van der Waals surface area contributed by atoms with Gasteiger partial charge in [-0.25, -0.2) is 4.98 Å². The molecule has 0 N–H and O–H groups in total. The summed E-state index contributed by atoms with van der Waals surface area (Å²) in [5, 5.41) is 1.13. The molecule has 1 aromatic heterocycles. The van der Waals surface area contributed by atoms with Crippen molar-refractivity contribution in [2.24, 2.45) is 0 Å². The van der Waals surface area contributed by atoms with Gasteiger partial charge in [0, 0.05) is 10.6 Å². The minimum atomic E-state index is -0.308. The number of Topliss-reactive ketones (excluding diaryl/α,β-unsaturated/α-hetero) is 1. The number of aromatic nitrogens is 1. The average molecular weight is 406 g/mol. The summed E-state index contributed by atoms with van der Waals surface area (Å²) in [4.78, 5) is 17.2. The molecule has 1 heterocycles. The van der Waals surface area contributed by atoms with Gasteiger partial charge in [-0.05, 0) is 61.9 Å². The lowest BCUT2D eigenvalue weighted by Gasteiger charge is -2.09. The van der Waals surface area contributed by atoms with Crippen LogP contribution in [0.5, 0.6) is 0 Å². The Bertz CT molecular complexity index is 1030. The van der Waals surface area contributed by atoms with E-state index in [0.717, 1.165) is 24.0 Å². The maximum absolute atomic E-state index is 12.8. The number of rotatable bonds is 4. The highest BCUT2D eigenvalue weighted by Gasteiger charge is 2.22. The maximum Gasteiger partial charge on any atom is 0.257 e. The highest BCUT2D eigenvalue weighted by Crippen LogP contribution is 2.36. The Morgan fingerprint density at radius 1 is 1.23 bits per heavy atom. The van der Waals surface area contributed by atoms with Crippen molar-refractivity contribution < 1.29 is 9.21 Å². The number of hydrogen-bond acceptors (Lipinski definition) is 4. The van der Waals surface area contributed by atoms with E-state index < -0.39 is 0 Å². The first-order chi connectivity index (χ1) is 12.4. The topological polar surface area (TPSA) is 43.1 Å². The van der Waals surface area contributed by atoms with Crippen molar-refractivity contribution in [1.82, 2.24) is 4.98 Å². The van der Waals surface area contributed by atoms with Crippen LogP contribution in [0.3, 0.4) is 0 Å². The fraction of sp³-hybridized carbons (Fsp3) is 0.300. The molecule has 1 aliphatic rings. The van der Waals surface area contributed by atoms with Crippen molar-refractivity contribution in [2.75, 3.05) is 0 Å². The van der Waals surface area contributed by atoms with E-state index in [1.54, 1.807) is 6.07 Å². The summed E-state index contributed by atoms with van der Waals surface area (Å²) in [7, 11) is 0. The molecule has 0 saturated heterocycles. The minimum Gasteiger partial charge on any atom is -0.430 e. The predicted molar refractivity (Wildman–Crippen MR) is 107 cm³/mol. The highest BCUT2D eigenvalue weighted by atomic mass is 35.5. The molecule has 0 unspecified atom stereocenters. The Labute approximate surface area is 166 Å². The smallest absolute Gasteiger partial charge is 0.257 e. The molecule has 0 amide bonds. The monoisotopic (exact) mass is 405 g/mol. The molecule has 0 bridgehead atoms. The predicted octanol–water partition coefficient (Wildman–Crippen LogP) is 6.30. The van der Waals surface area contributed by atoms with Crippen LogP contribution < -0.4 is 0 Å². The zero-order chi connectivity index (χ0) is 18.4. The molecule has 1 atom stereocenters. The third-order valence-electron chi connectivity index (χ3n) is 4.81. The number of fused-ring (bicyclic) bond motifs is 2. The van der Waals surface area contributed by atoms with Crippen LogP contribution in [-0.2, 0) is 12.8 Å². The van der Waals surface area contributed by atoms with Gasteiger partial charge >= 0.3 is 0 Å². The molecular formula is C20H17Cl2NO2S. The number of halogens is 2. The largest absolute Gasteiger partial charge is 0.430 e. The summed E-state index contributed by atoms with van der Waals surface area (Å²) in [6.45, 7) is 3.70. The van der Waals surface area contributed by atoms with E-state index in [1.807, 2.05) is 26.0 Å². The SMILES string of the molecule is Cc1c(Cl)cc2nc(S[C@H](C)C(=O)c3ccc4c(c3)CCC4)oc2c1Cl. The van der Waals surface area contributed by atoms with Crippen LogP contribution >= 0.6 is 35.0 Å². The number of thioether (sulfide) groups is 1. The Kier molecular flexibility index (Phi) is 4.76. The number of benzene rings is 2. The summed E-state index contributed by atoms with van der Waals surface area (Å²) >= 11 is 13.8. The van der Waals surface area contributed by atoms with Crippen molar-refractivity contribution in [3.8, 4) is 0 Å². The second-order valence-electron chi connectivity index (χ2n) is 6.59. The molecule has 0 radical (unpaired) electrons. The van der Waals surface area contributed by atoms with Crippen LogP contribution in [0, 0.1) is 6.92 Å². The van der Waals surface area contributed by atoms with Gasteiger partial charge in [-0.3, -0.25) is 4.79 Å². The Balaban J connectivity index is 1.58. The number of nitrogens with zero attached hydrogens (tertiary/aromatic N) is 1. The number of carbonyl (C=O) groups excluding carboxylic acids is 1. The van der Waals surface area contributed by atoms with Crippen molar-refractivity contribution >= 4 is 51.8 Å². The van der Waals surface area contributed by atoms with Crippen molar-refractivity contribution in [3.63, 3.8) is 0 Å². The molecule has 0 spiro atoms. The van der Waals surface area contributed by atoms with Crippen LogP contribution in [0.15, 0.2) is 33.9 Å². The fourth-order valence-electron chi connectivity index (χ4n) is 3.28. The fourth-order valence-corrected chi connectivity index (χ4v) is 4.60. The third kappa shape index (κ3) is 3.15. The lowest BCUT2D eigenvalue weighted by atomic mass is 10.0. The first-order valence-corrected chi connectivity index (χ1v) is 10.2. The van der Waals surface area contributed by atoms with Gasteiger partial charge in [0.2, 0.25) is 0 Å². The quantitative estimate of drug-likeness (QED) is 0.377. The van der Waals surface area contributed by atoms with E-state index in [2.05, 4.69) is 11.1 Å². The van der Waals surface area contributed by atoms with Crippen LogP contribution in [0.1, 0.15) is 40.4 Å². The van der Waals surface area contributed by atoms with Crippen molar-refractivity contribution in [3.05, 3.63) is 56.6 Å². The lowest BCUT2D eigenvalue weighted by molar-refractivity contribution is 0.0993. The molecule has 3 nitrogen and oxygen atoms in total. The average Bonchev–Trinajstić information content (AvgIpc) is 3.25. The zero-order valence-electron chi connectivity index (χ0n) is 14.4. The standard InChI is InChI=1S/C20H17Cl2NO2S/c1-10-15(21)9-16-19(17(10)22)25-20(23-16)26-11(2)18(24)14-7-6-12-4-3-5-13(12)8-14/h6-9,11H,3-5H2,1-2H3/t11-/m1/s1. The molecule has 0 saturated carbocycles. The van der Waals surface area contributed by atoms with E-state index in [9.17, 15) is 4.79 Å². The molecule has 1 aliphatic carbocycles. The number of aryl methyl sites for hydroxylation is 2. The van der Waals surface area contributed by atoms with Gasteiger partial charge in [-0.2, -0.15) is 0 Å². The molecule has 4 rings (SSSR count). The molecule has 2 aromatic carbocycles. The Morgan fingerprint density at radius 3 is 2.81 bits per heavy atom. The zero-order valence-corrected chi connectivity index (χ0v) is 16.8. The van der Waals surface area contributed by atoms with Gasteiger partial charge in [0.1, 0.15) is 5.52 Å². The summed E-state index contributed by atoms with van der Waals surface area (Å²) in [5.74, 6) is 0.0762. The van der Waals surface area contributed by atoms with Crippen molar-refractivity contribution in [2.45, 2.75) is 43.6 Å². The number of carbonyl (C=O) groups is 1. The molecule has 0 aliphatic heterocycles. The minimum absolute atomic E-state index is 0.0762. The third-order valence-corrected chi connectivity index (χ3v) is 6.61. The first kappa shape index (κ1) is 17.9. The molecule has 3 aromatic rings. The highest BCUT2D eigenvalue weighted by molar-refractivity contribution is 8.00. The van der Waals surface area contributed by atoms with E-state index in [4.69, 9.17) is 27.6 Å². The Morgan fingerprint density at radius 2 is 2.00 bits per heavy atom. The normalized spacial score (nSPS) is 14.6. The first-order valence-electron chi connectivity index (χ1n) is 8.52. The molecule has 26 heavy (non-hydrogen) atoms. The molecule has 0 fully saturated rings. The molecular weight excluding hydrogens is 389 g/mol. The van der Waals surface area contributed by atoms with E-state index >= 15 is 0 Å². The number of hydrogen-bond donors (Lipinski definition) is 0. The van der Waals surface area contributed by atoms with Gasteiger partial charge in [0.15, 0.2) is 11.4 Å². The maximum atomic E-state index is 12.8. The van der Waals surface area contributed by atoms with Gasteiger partial charge in [-0.15, -0.1) is 0 Å². The van der Waals surface area contributed by atoms with Crippen LogP contribution in [0.4, 0.5) is 0 Å². The summed E-state index contributed by atoms with van der Waals surface area (Å²) in [5.41, 5.74) is 5.28. The van der Waals surface area contributed by atoms with Gasteiger partial charge in [0.05, 0.1) is 10.3 Å². The summed E-state index contributed by atoms with van der Waals surface area (Å²) in [6, 6.07) is 7.78. The molecule has 134 valence electrons. The lowest BCUT2D eigenvalue weighted by Crippen LogP contribution is -2.13.